The van der Waals surface area contributed by atoms with E-state index in [9.17, 15) is 0 Å². The quantitative estimate of drug-likeness (QED) is 0.456. The summed E-state index contributed by atoms with van der Waals surface area (Å²) in [7, 11) is 0. The predicted molar refractivity (Wildman–Crippen MR) is 20.8 cm³/mol. The van der Waals surface area contributed by atoms with Crippen molar-refractivity contribution >= 4 is 5.95 Å². The van der Waals surface area contributed by atoms with Crippen molar-refractivity contribution in [2.24, 2.45) is 0 Å². The molecule has 0 aliphatic rings. The summed E-state index contributed by atoms with van der Waals surface area (Å²) < 4.78 is 0. The normalized spacial score (nSPS) is 5.20. The van der Waals surface area contributed by atoms with E-state index in [1.807, 2.05) is 0 Å². The van der Waals surface area contributed by atoms with Crippen molar-refractivity contribution in [3.8, 4) is 0 Å². The molecule has 0 unspecified atom stereocenters. The van der Waals surface area contributed by atoms with Gasteiger partial charge in [-0.15, -0.1) is 0 Å². The Kier molecular flexibility index (Phi) is 31.7. The first-order valence-electron chi connectivity index (χ1n) is 1.50. The van der Waals surface area contributed by atoms with Crippen molar-refractivity contribution in [2.45, 2.75) is 0 Å². The molecule has 4 nitrogen and oxygen atoms in total. The van der Waals surface area contributed by atoms with Gasteiger partial charge in [0.05, 0.1) is 0 Å². The van der Waals surface area contributed by atoms with Gasteiger partial charge in [-0.25, -0.2) is 10.1 Å². The molecule has 1 heterocycles. The molecule has 0 aliphatic carbocycles. The molecule has 8 heteroatoms. The number of hydrogen-bond acceptors (Lipinski definition) is 3. The van der Waals surface area contributed by atoms with Crippen LogP contribution in [0.15, 0.2) is 6.33 Å². The van der Waals surface area contributed by atoms with Crippen LogP contribution in [0.2, 0.25) is 0 Å². The van der Waals surface area contributed by atoms with Crippen LogP contribution in [0.25, 0.3) is 0 Å². The summed E-state index contributed by atoms with van der Waals surface area (Å²) in [5.74, 6) is 0.356. The molecule has 1 aromatic heterocycles. The molecule has 10 heavy (non-hydrogen) atoms. The standard InChI is InChI=1S/C2H4N4.BrH.ClH.K.Na/c3-2-4-1-5-6-2;;;;/h1H,(H3,3,4,5,6);2*1H;;/q;;;2*+1/p-2. The van der Waals surface area contributed by atoms with Crippen molar-refractivity contribution in [3.05, 3.63) is 6.33 Å². The van der Waals surface area contributed by atoms with E-state index >= 15 is 0 Å². The number of aromatic nitrogens is 3. The second kappa shape index (κ2) is 13.9. The van der Waals surface area contributed by atoms with Crippen LogP contribution in [-0.4, -0.2) is 15.2 Å². The Bertz CT molecular complexity index is 127. The molecule has 0 amide bonds. The fourth-order valence-corrected chi connectivity index (χ4v) is 0.215. The van der Waals surface area contributed by atoms with Gasteiger partial charge in [-0.3, -0.25) is 0 Å². The molecule has 0 bridgehead atoms. The van der Waals surface area contributed by atoms with E-state index in [1.54, 1.807) is 0 Å². The summed E-state index contributed by atoms with van der Waals surface area (Å²) in [5, 5.41) is 5.88. The molecule has 0 saturated heterocycles. The van der Waals surface area contributed by atoms with Gasteiger partial charge in [0.15, 0.2) is 0 Å². The van der Waals surface area contributed by atoms with Crippen molar-refractivity contribution < 1.29 is 110 Å². The summed E-state index contributed by atoms with van der Waals surface area (Å²) in [4.78, 5) is 3.53. The monoisotopic (exact) mass is 260 g/mol. The Morgan fingerprint density at radius 3 is 2.10 bits per heavy atom. The van der Waals surface area contributed by atoms with Gasteiger partial charge in [0.1, 0.15) is 6.33 Å². The summed E-state index contributed by atoms with van der Waals surface area (Å²) in [5.41, 5.74) is 5.05. The fourth-order valence-electron chi connectivity index (χ4n) is 0.215. The minimum atomic E-state index is 0. The molecule has 1 aromatic rings. The zero-order chi connectivity index (χ0) is 4.41. The van der Waals surface area contributed by atoms with E-state index < -0.39 is 0 Å². The Labute approximate surface area is 140 Å². The Balaban J connectivity index is -0.0000000450. The number of halogens is 2. The van der Waals surface area contributed by atoms with Crippen LogP contribution in [-0.2, 0) is 0 Å². The number of nitrogen functional groups attached to an aromatic ring is 1. The number of H-pyrrole nitrogens is 1. The molecule has 0 fully saturated rings. The third-order valence-corrected chi connectivity index (χ3v) is 0.434. The topological polar surface area (TPSA) is 67.6 Å². The van der Waals surface area contributed by atoms with Gasteiger partial charge >= 0.3 is 80.9 Å². The zero-order valence-corrected chi connectivity index (χ0v) is 13.3. The molecule has 1 rings (SSSR count). The van der Waals surface area contributed by atoms with Crippen LogP contribution in [0.4, 0.5) is 5.95 Å². The Morgan fingerprint density at radius 2 is 2.00 bits per heavy atom. The molecule has 0 aromatic carbocycles. The van der Waals surface area contributed by atoms with E-state index in [2.05, 4.69) is 15.2 Å². The first-order chi connectivity index (χ1) is 2.89. The predicted octanol–water partition coefficient (Wildman–Crippen LogP) is -12.6. The molecule has 0 aliphatic heterocycles. The molecule has 48 valence electrons. The molecule has 0 spiro atoms. The SMILES string of the molecule is Nc1ncn[nH]1.[Br-].[Cl-].[K+].[Na+]. The number of nitrogens with one attached hydrogen (secondary N) is 1. The summed E-state index contributed by atoms with van der Waals surface area (Å²) in [6, 6.07) is 0. The molecular weight excluding hydrogens is 257 g/mol. The van der Waals surface area contributed by atoms with Gasteiger partial charge in [-0.2, -0.15) is 5.10 Å². The van der Waals surface area contributed by atoms with E-state index in [-0.39, 0.29) is 110 Å². The molecule has 3 N–H and O–H groups in total. The second-order valence-electron chi connectivity index (χ2n) is 0.871. The maximum Gasteiger partial charge on any atom is 1.00 e. The van der Waals surface area contributed by atoms with E-state index in [0.29, 0.717) is 5.95 Å². The third kappa shape index (κ3) is 10.3. The Hall–Kier alpha value is 2.35. The van der Waals surface area contributed by atoms with Gasteiger partial charge < -0.3 is 35.1 Å². The summed E-state index contributed by atoms with van der Waals surface area (Å²) >= 11 is 0. The summed E-state index contributed by atoms with van der Waals surface area (Å²) in [6.45, 7) is 0. The zero-order valence-electron chi connectivity index (χ0n) is 5.81. The number of hydrogen-bond donors (Lipinski definition) is 2. The Morgan fingerprint density at radius 1 is 1.50 bits per heavy atom. The van der Waals surface area contributed by atoms with Crippen LogP contribution in [0.3, 0.4) is 0 Å². The second-order valence-corrected chi connectivity index (χ2v) is 0.871. The first kappa shape index (κ1) is 22.8. The minimum absolute atomic E-state index is 0. The van der Waals surface area contributed by atoms with Crippen LogP contribution in [0.1, 0.15) is 0 Å². The van der Waals surface area contributed by atoms with Gasteiger partial charge in [-0.1, -0.05) is 0 Å². The van der Waals surface area contributed by atoms with Crippen molar-refractivity contribution in [1.82, 2.24) is 15.2 Å². The average molecular weight is 262 g/mol. The van der Waals surface area contributed by atoms with Gasteiger partial charge in [0, 0.05) is 0 Å². The van der Waals surface area contributed by atoms with Gasteiger partial charge in [0.2, 0.25) is 5.95 Å². The molecular formula is C2H4BrClKN4Na. The maximum absolute atomic E-state index is 5.05. The number of anilines is 1. The van der Waals surface area contributed by atoms with Crippen LogP contribution >= 0.6 is 0 Å². The summed E-state index contributed by atoms with van der Waals surface area (Å²) in [6.07, 6.45) is 1.36. The van der Waals surface area contributed by atoms with Crippen molar-refractivity contribution in [3.63, 3.8) is 0 Å². The van der Waals surface area contributed by atoms with Gasteiger partial charge in [0.25, 0.3) is 0 Å². The maximum atomic E-state index is 5.05. The third-order valence-electron chi connectivity index (χ3n) is 0.434. The van der Waals surface area contributed by atoms with E-state index in [1.165, 1.54) is 6.33 Å². The largest absolute Gasteiger partial charge is 1.00 e. The van der Waals surface area contributed by atoms with E-state index in [4.69, 9.17) is 5.73 Å². The molecule has 0 atom stereocenters. The number of nitrogens with two attached hydrogens (primary N) is 1. The van der Waals surface area contributed by atoms with Crippen LogP contribution in [0.5, 0.6) is 0 Å². The van der Waals surface area contributed by atoms with E-state index in [0.717, 1.165) is 0 Å². The van der Waals surface area contributed by atoms with Crippen LogP contribution in [0, 0.1) is 0 Å². The average Bonchev–Trinajstić information content (AvgIpc) is 1.86. The molecule has 0 radical (unpaired) electrons. The smallest absolute Gasteiger partial charge is 1.00 e. The fraction of sp³-hybridized carbons (Fsp3) is 0. The number of rotatable bonds is 0. The van der Waals surface area contributed by atoms with Crippen molar-refractivity contribution in [1.29, 1.82) is 0 Å². The number of nitrogens with zero attached hydrogens (tertiary/aromatic N) is 2. The minimum Gasteiger partial charge on any atom is -1.00 e. The van der Waals surface area contributed by atoms with Crippen LogP contribution < -0.4 is 116 Å². The first-order valence-corrected chi connectivity index (χ1v) is 1.50. The number of aromatic amines is 1. The molecule has 0 saturated carbocycles. The van der Waals surface area contributed by atoms with Crippen molar-refractivity contribution in [2.75, 3.05) is 5.73 Å². The van der Waals surface area contributed by atoms with Gasteiger partial charge in [-0.05, 0) is 0 Å².